The van der Waals surface area contributed by atoms with Gasteiger partial charge in [0.2, 0.25) is 5.95 Å². The number of anilines is 4. The van der Waals surface area contributed by atoms with Crippen LogP contribution >= 0.6 is 0 Å². The van der Waals surface area contributed by atoms with Crippen LogP contribution in [0, 0.1) is 28.5 Å². The zero-order chi connectivity index (χ0) is 27.3. The molecule has 2 aromatic heterocycles. The summed E-state index contributed by atoms with van der Waals surface area (Å²) in [5.74, 6) is -0.487. The number of nitrogens with zero attached hydrogens (tertiary/aromatic N) is 8. The molecular formula is C24H25FN10O3S. The first-order valence-electron chi connectivity index (χ1n) is 12.6. The fraction of sp³-hybridized carbons (Fsp3) is 0.458. The summed E-state index contributed by atoms with van der Waals surface area (Å²) in [6, 6.07) is 6.70. The third-order valence-corrected chi connectivity index (χ3v) is 8.94. The van der Waals surface area contributed by atoms with Crippen molar-refractivity contribution >= 4 is 38.6 Å². The minimum atomic E-state index is -3.28. The summed E-state index contributed by atoms with van der Waals surface area (Å²) in [5.41, 5.74) is 1.02. The molecule has 202 valence electrons. The maximum Gasteiger partial charge on any atom is 0.247 e. The number of aliphatic hydroxyl groups excluding tert-OH is 1. The lowest BCUT2D eigenvalue weighted by atomic mass is 10.1. The highest BCUT2D eigenvalue weighted by Gasteiger charge is 2.41. The summed E-state index contributed by atoms with van der Waals surface area (Å²) in [5, 5.41) is 39.8. The minimum Gasteiger partial charge on any atom is -0.390 e. The highest BCUT2D eigenvalue weighted by molar-refractivity contribution is 7.91. The molecule has 15 heteroatoms. The standard InChI is InChI=1S/C24H25FN10O3S/c25-21-17(30-24-31-22(29-15-1-2-15)23-28-11-16(10-27)35(23)32-24)7-14(9-26)8-18(21)33-3-5-34(6-4-33)19-12-39(37,38)13-20(19)36/h7-8,11,15,19-20,36H,1-6,12-13H2,(H2,29,30,31,32)/t19?,20-/m0/s1. The number of hydrogen-bond donors (Lipinski definition) is 3. The van der Waals surface area contributed by atoms with Crippen LogP contribution in [0.2, 0.25) is 0 Å². The van der Waals surface area contributed by atoms with Crippen LogP contribution in [0.3, 0.4) is 0 Å². The van der Waals surface area contributed by atoms with E-state index >= 15 is 4.39 Å². The Bertz CT molecular complexity index is 1630. The van der Waals surface area contributed by atoms with Gasteiger partial charge in [0.1, 0.15) is 6.07 Å². The normalized spacial score (nSPS) is 22.9. The van der Waals surface area contributed by atoms with Crippen molar-refractivity contribution in [2.24, 2.45) is 0 Å². The zero-order valence-electron chi connectivity index (χ0n) is 20.7. The molecule has 4 heterocycles. The molecule has 3 aromatic rings. The Hall–Kier alpha value is -4.05. The monoisotopic (exact) mass is 552 g/mol. The molecule has 3 aliphatic rings. The van der Waals surface area contributed by atoms with Gasteiger partial charge in [0.15, 0.2) is 32.8 Å². The molecule has 0 spiro atoms. The van der Waals surface area contributed by atoms with Crippen LogP contribution in [0.5, 0.6) is 0 Å². The highest BCUT2D eigenvalue weighted by atomic mass is 32.2. The van der Waals surface area contributed by atoms with Gasteiger partial charge < -0.3 is 20.6 Å². The zero-order valence-corrected chi connectivity index (χ0v) is 21.6. The summed E-state index contributed by atoms with van der Waals surface area (Å²) in [6.45, 7) is 1.63. The molecule has 1 saturated carbocycles. The number of piperazine rings is 1. The summed E-state index contributed by atoms with van der Waals surface area (Å²) in [4.78, 5) is 12.4. The molecule has 3 N–H and O–H groups in total. The molecule has 1 aliphatic carbocycles. The van der Waals surface area contributed by atoms with Crippen molar-refractivity contribution in [2.45, 2.75) is 31.0 Å². The maximum atomic E-state index is 15.9. The number of sulfone groups is 1. The average Bonchev–Trinajstić information content (AvgIpc) is 3.56. The molecule has 1 aromatic carbocycles. The van der Waals surface area contributed by atoms with Gasteiger partial charge in [-0.25, -0.2) is 17.8 Å². The Morgan fingerprint density at radius 3 is 2.51 bits per heavy atom. The lowest BCUT2D eigenvalue weighted by Gasteiger charge is -2.39. The van der Waals surface area contributed by atoms with Crippen LogP contribution in [0.4, 0.5) is 27.5 Å². The van der Waals surface area contributed by atoms with E-state index in [1.54, 1.807) is 4.90 Å². The van der Waals surface area contributed by atoms with E-state index in [4.69, 9.17) is 0 Å². The molecule has 0 bridgehead atoms. The summed E-state index contributed by atoms with van der Waals surface area (Å²) in [6.07, 6.45) is 2.41. The first-order chi connectivity index (χ1) is 18.7. The van der Waals surface area contributed by atoms with Crippen molar-refractivity contribution < 1.29 is 17.9 Å². The predicted molar refractivity (Wildman–Crippen MR) is 139 cm³/mol. The molecule has 6 rings (SSSR count). The van der Waals surface area contributed by atoms with Crippen molar-refractivity contribution in [2.75, 3.05) is 53.2 Å². The second-order valence-corrected chi connectivity index (χ2v) is 12.2. The van der Waals surface area contributed by atoms with Gasteiger partial charge in [-0.3, -0.25) is 4.90 Å². The first-order valence-corrected chi connectivity index (χ1v) is 14.4. The smallest absolute Gasteiger partial charge is 0.247 e. The van der Waals surface area contributed by atoms with Gasteiger partial charge in [0.05, 0.1) is 52.9 Å². The van der Waals surface area contributed by atoms with E-state index in [0.717, 1.165) is 12.8 Å². The first kappa shape index (κ1) is 25.2. The number of hydrogen-bond acceptors (Lipinski definition) is 12. The molecule has 1 unspecified atom stereocenters. The molecule has 3 fully saturated rings. The van der Waals surface area contributed by atoms with E-state index in [-0.39, 0.29) is 46.1 Å². The fourth-order valence-corrected chi connectivity index (χ4v) is 6.93. The fourth-order valence-electron chi connectivity index (χ4n) is 5.10. The molecule has 13 nitrogen and oxygen atoms in total. The Balaban J connectivity index is 1.27. The van der Waals surface area contributed by atoms with E-state index in [2.05, 4.69) is 31.8 Å². The minimum absolute atomic E-state index is 0.000803. The number of nitrogens with one attached hydrogen (secondary N) is 2. The number of aromatic nitrogens is 4. The van der Waals surface area contributed by atoms with Crippen LogP contribution in [0.1, 0.15) is 24.1 Å². The van der Waals surface area contributed by atoms with Crippen LogP contribution in [0.25, 0.3) is 5.65 Å². The third kappa shape index (κ3) is 4.92. The second kappa shape index (κ2) is 9.60. The summed E-state index contributed by atoms with van der Waals surface area (Å²) >= 11 is 0. The number of aliphatic hydroxyl groups is 1. The molecular weight excluding hydrogens is 527 g/mol. The Kier molecular flexibility index (Phi) is 6.22. The Morgan fingerprint density at radius 1 is 1.10 bits per heavy atom. The Labute approximate surface area is 223 Å². The topological polar surface area (TPSA) is 176 Å². The number of fused-ring (bicyclic) bond motifs is 1. The van der Waals surface area contributed by atoms with E-state index in [1.165, 1.54) is 22.8 Å². The molecule has 2 saturated heterocycles. The van der Waals surface area contributed by atoms with Crippen LogP contribution in [-0.2, 0) is 9.84 Å². The van der Waals surface area contributed by atoms with E-state index < -0.39 is 27.8 Å². The molecule has 2 atom stereocenters. The molecule has 0 amide bonds. The third-order valence-electron chi connectivity index (χ3n) is 7.24. The largest absolute Gasteiger partial charge is 0.390 e. The predicted octanol–water partition coefficient (Wildman–Crippen LogP) is 0.605. The van der Waals surface area contributed by atoms with Gasteiger partial charge in [-0.1, -0.05) is 0 Å². The SMILES string of the molecule is N#Cc1cc(Nc2nc(NC3CC3)c3ncc(C#N)n3n2)c(F)c(N2CCN(C3CS(=O)(=O)C[C@@H]3O)CC2)c1. The number of imidazole rings is 1. The highest BCUT2D eigenvalue weighted by Crippen LogP contribution is 2.32. The maximum absolute atomic E-state index is 15.9. The summed E-state index contributed by atoms with van der Waals surface area (Å²) in [7, 11) is -3.28. The Morgan fingerprint density at radius 2 is 1.87 bits per heavy atom. The van der Waals surface area contributed by atoms with Crippen LogP contribution in [0.15, 0.2) is 18.3 Å². The van der Waals surface area contributed by atoms with Crippen LogP contribution in [-0.4, -0.2) is 93.9 Å². The van der Waals surface area contributed by atoms with Gasteiger partial charge in [-0.05, 0) is 25.0 Å². The average molecular weight is 553 g/mol. The van der Waals surface area contributed by atoms with E-state index in [9.17, 15) is 24.0 Å². The van der Waals surface area contributed by atoms with Crippen molar-refractivity contribution in [1.29, 1.82) is 10.5 Å². The van der Waals surface area contributed by atoms with Crippen molar-refractivity contribution in [3.63, 3.8) is 0 Å². The lowest BCUT2D eigenvalue weighted by Crippen LogP contribution is -2.53. The van der Waals surface area contributed by atoms with Crippen molar-refractivity contribution in [3.05, 3.63) is 35.4 Å². The quantitative estimate of drug-likeness (QED) is 0.389. The second-order valence-electron chi connectivity index (χ2n) is 10.0. The molecule has 39 heavy (non-hydrogen) atoms. The van der Waals surface area contributed by atoms with Gasteiger partial charge in [0, 0.05) is 32.2 Å². The van der Waals surface area contributed by atoms with E-state index in [1.807, 2.05) is 11.0 Å². The van der Waals surface area contributed by atoms with Crippen LogP contribution < -0.4 is 15.5 Å². The number of nitriles is 2. The number of benzene rings is 1. The lowest BCUT2D eigenvalue weighted by molar-refractivity contribution is 0.0792. The number of halogens is 1. The van der Waals surface area contributed by atoms with Crippen molar-refractivity contribution in [3.8, 4) is 12.1 Å². The van der Waals surface area contributed by atoms with Gasteiger partial charge >= 0.3 is 0 Å². The van der Waals surface area contributed by atoms with Crippen molar-refractivity contribution in [1.82, 2.24) is 24.5 Å². The van der Waals surface area contributed by atoms with Gasteiger partial charge in [-0.2, -0.15) is 20.0 Å². The molecule has 2 aliphatic heterocycles. The van der Waals surface area contributed by atoms with Gasteiger partial charge in [0.25, 0.3) is 0 Å². The molecule has 0 radical (unpaired) electrons. The summed E-state index contributed by atoms with van der Waals surface area (Å²) < 4.78 is 41.1. The van der Waals surface area contributed by atoms with E-state index in [0.29, 0.717) is 37.6 Å². The van der Waals surface area contributed by atoms with Gasteiger partial charge in [-0.15, -0.1) is 5.10 Å². The number of rotatable bonds is 6.